The Morgan fingerprint density at radius 2 is 2.40 bits per heavy atom. The lowest BCUT2D eigenvalue weighted by Gasteiger charge is -2.24. The van der Waals surface area contributed by atoms with Crippen molar-refractivity contribution in [2.24, 2.45) is 11.7 Å². The second-order valence-corrected chi connectivity index (χ2v) is 3.37. The zero-order valence-corrected chi connectivity index (χ0v) is 6.64. The summed E-state index contributed by atoms with van der Waals surface area (Å²) in [6.45, 7) is 2.13. The van der Waals surface area contributed by atoms with Gasteiger partial charge in [0, 0.05) is 5.92 Å². The molecular weight excluding hydrogens is 126 g/mol. The first-order chi connectivity index (χ1) is 4.67. The maximum atomic E-state index is 9.56. The van der Waals surface area contributed by atoms with E-state index in [1.165, 1.54) is 0 Å². The lowest BCUT2D eigenvalue weighted by Crippen LogP contribution is -2.42. The van der Waals surface area contributed by atoms with Crippen LogP contribution in [0, 0.1) is 5.92 Å². The highest BCUT2D eigenvalue weighted by Crippen LogP contribution is 2.34. The van der Waals surface area contributed by atoms with Crippen molar-refractivity contribution in [1.82, 2.24) is 0 Å². The van der Waals surface area contributed by atoms with E-state index in [9.17, 15) is 5.11 Å². The lowest BCUT2D eigenvalue weighted by molar-refractivity contribution is 0.00531. The van der Waals surface area contributed by atoms with Crippen molar-refractivity contribution in [2.75, 3.05) is 0 Å². The summed E-state index contributed by atoms with van der Waals surface area (Å²) in [6.07, 6.45) is 5.20. The van der Waals surface area contributed by atoms with E-state index in [0.29, 0.717) is 5.92 Å². The maximum absolute atomic E-state index is 9.56. The first-order valence-electron chi connectivity index (χ1n) is 4.18. The Morgan fingerprint density at radius 3 is 2.80 bits per heavy atom. The molecule has 2 heteroatoms. The van der Waals surface area contributed by atoms with E-state index in [4.69, 9.17) is 5.73 Å². The fourth-order valence-electron chi connectivity index (χ4n) is 1.83. The molecule has 1 aliphatic carbocycles. The monoisotopic (exact) mass is 143 g/mol. The Kier molecular flexibility index (Phi) is 2.32. The molecule has 0 radical (unpaired) electrons. The first-order valence-corrected chi connectivity index (χ1v) is 4.18. The van der Waals surface area contributed by atoms with Gasteiger partial charge in [0.1, 0.15) is 5.72 Å². The van der Waals surface area contributed by atoms with Gasteiger partial charge < -0.3 is 10.8 Å². The summed E-state index contributed by atoms with van der Waals surface area (Å²) in [5, 5.41) is 9.56. The van der Waals surface area contributed by atoms with Crippen molar-refractivity contribution in [3.63, 3.8) is 0 Å². The van der Waals surface area contributed by atoms with Crippen LogP contribution in [0.2, 0.25) is 0 Å². The van der Waals surface area contributed by atoms with Crippen molar-refractivity contribution >= 4 is 0 Å². The molecule has 2 atom stereocenters. The summed E-state index contributed by atoms with van der Waals surface area (Å²) in [5.74, 6) is 0.359. The molecule has 10 heavy (non-hydrogen) atoms. The van der Waals surface area contributed by atoms with Crippen molar-refractivity contribution in [3.8, 4) is 0 Å². The molecule has 0 bridgehead atoms. The van der Waals surface area contributed by atoms with E-state index in [0.717, 1.165) is 32.1 Å². The van der Waals surface area contributed by atoms with Gasteiger partial charge in [-0.3, -0.25) is 0 Å². The van der Waals surface area contributed by atoms with Crippen LogP contribution in [0.3, 0.4) is 0 Å². The van der Waals surface area contributed by atoms with E-state index in [2.05, 4.69) is 6.92 Å². The van der Waals surface area contributed by atoms with Crippen molar-refractivity contribution in [3.05, 3.63) is 0 Å². The van der Waals surface area contributed by atoms with E-state index in [-0.39, 0.29) is 0 Å². The molecular formula is C8H17NO. The third-order valence-corrected chi connectivity index (χ3v) is 2.47. The highest BCUT2D eigenvalue weighted by molar-refractivity contribution is 4.86. The van der Waals surface area contributed by atoms with E-state index >= 15 is 0 Å². The van der Waals surface area contributed by atoms with Crippen LogP contribution in [0.4, 0.5) is 0 Å². The third-order valence-electron chi connectivity index (χ3n) is 2.47. The van der Waals surface area contributed by atoms with Crippen LogP contribution in [0.25, 0.3) is 0 Å². The first kappa shape index (κ1) is 8.02. The zero-order chi connectivity index (χ0) is 7.61. The molecule has 3 N–H and O–H groups in total. The lowest BCUT2D eigenvalue weighted by atomic mass is 9.95. The molecule has 0 saturated heterocycles. The van der Waals surface area contributed by atoms with Gasteiger partial charge in [0.2, 0.25) is 0 Å². The third kappa shape index (κ3) is 1.50. The van der Waals surface area contributed by atoms with Gasteiger partial charge in [0.25, 0.3) is 0 Å². The van der Waals surface area contributed by atoms with Gasteiger partial charge in [0.15, 0.2) is 0 Å². The molecule has 0 amide bonds. The number of rotatable bonds is 2. The van der Waals surface area contributed by atoms with Crippen LogP contribution in [-0.4, -0.2) is 10.8 Å². The Bertz CT molecular complexity index is 112. The van der Waals surface area contributed by atoms with Crippen LogP contribution in [0.5, 0.6) is 0 Å². The van der Waals surface area contributed by atoms with Gasteiger partial charge in [-0.25, -0.2) is 0 Å². The molecule has 1 saturated carbocycles. The minimum absolute atomic E-state index is 0.359. The van der Waals surface area contributed by atoms with Crippen LogP contribution in [0.15, 0.2) is 0 Å². The molecule has 2 unspecified atom stereocenters. The van der Waals surface area contributed by atoms with E-state index in [1.54, 1.807) is 0 Å². The zero-order valence-electron chi connectivity index (χ0n) is 6.64. The standard InChI is InChI=1S/C8H17NO/c1-2-4-7-5-3-6-8(7,9)10/h7,10H,2-6,9H2,1H3. The van der Waals surface area contributed by atoms with E-state index < -0.39 is 5.72 Å². The number of aliphatic hydroxyl groups is 1. The van der Waals surface area contributed by atoms with Crippen molar-refractivity contribution in [1.29, 1.82) is 0 Å². The average molecular weight is 143 g/mol. The van der Waals surface area contributed by atoms with Crippen molar-refractivity contribution < 1.29 is 5.11 Å². The molecule has 0 aromatic heterocycles. The summed E-state index contributed by atoms with van der Waals surface area (Å²) in [5.41, 5.74) is 4.83. The van der Waals surface area contributed by atoms with Gasteiger partial charge >= 0.3 is 0 Å². The van der Waals surface area contributed by atoms with Gasteiger partial charge in [-0.2, -0.15) is 0 Å². The number of hydrogen-bond acceptors (Lipinski definition) is 2. The summed E-state index contributed by atoms with van der Waals surface area (Å²) in [7, 11) is 0. The predicted octanol–water partition coefficient (Wildman–Crippen LogP) is 1.23. The second kappa shape index (κ2) is 2.89. The fraction of sp³-hybridized carbons (Fsp3) is 1.00. The molecule has 2 nitrogen and oxygen atoms in total. The quantitative estimate of drug-likeness (QED) is 0.571. The largest absolute Gasteiger partial charge is 0.376 e. The summed E-state index contributed by atoms with van der Waals surface area (Å²) in [6, 6.07) is 0. The molecule has 1 fully saturated rings. The number of nitrogens with two attached hydrogens (primary N) is 1. The Morgan fingerprint density at radius 1 is 1.70 bits per heavy atom. The van der Waals surface area contributed by atoms with Gasteiger partial charge in [-0.1, -0.05) is 13.3 Å². The van der Waals surface area contributed by atoms with Crippen LogP contribution in [0.1, 0.15) is 39.0 Å². The minimum Gasteiger partial charge on any atom is -0.376 e. The second-order valence-electron chi connectivity index (χ2n) is 3.37. The highest BCUT2D eigenvalue weighted by atomic mass is 16.3. The molecule has 1 rings (SSSR count). The summed E-state index contributed by atoms with van der Waals surface area (Å²) >= 11 is 0. The van der Waals surface area contributed by atoms with Gasteiger partial charge in [-0.05, 0) is 25.7 Å². The van der Waals surface area contributed by atoms with Gasteiger partial charge in [0.05, 0.1) is 0 Å². The van der Waals surface area contributed by atoms with Crippen LogP contribution in [-0.2, 0) is 0 Å². The molecule has 0 spiro atoms. The molecule has 60 valence electrons. The molecule has 0 heterocycles. The predicted molar refractivity (Wildman–Crippen MR) is 41.4 cm³/mol. The molecule has 0 aromatic rings. The molecule has 0 aliphatic heterocycles. The van der Waals surface area contributed by atoms with Crippen molar-refractivity contribution in [2.45, 2.75) is 44.8 Å². The van der Waals surface area contributed by atoms with Crippen LogP contribution < -0.4 is 5.73 Å². The number of hydrogen-bond donors (Lipinski definition) is 2. The minimum atomic E-state index is -0.837. The summed E-state index contributed by atoms with van der Waals surface area (Å²) in [4.78, 5) is 0. The van der Waals surface area contributed by atoms with E-state index in [1.807, 2.05) is 0 Å². The Balaban J connectivity index is 2.43. The highest BCUT2D eigenvalue weighted by Gasteiger charge is 2.36. The topological polar surface area (TPSA) is 46.2 Å². The summed E-state index contributed by atoms with van der Waals surface area (Å²) < 4.78 is 0. The Hall–Kier alpha value is -0.0800. The molecule has 0 aromatic carbocycles. The average Bonchev–Trinajstić information content (AvgIpc) is 2.13. The Labute approximate surface area is 62.4 Å². The maximum Gasteiger partial charge on any atom is 0.116 e. The molecule has 1 aliphatic rings. The van der Waals surface area contributed by atoms with Crippen LogP contribution >= 0.6 is 0 Å². The SMILES string of the molecule is CCCC1CCCC1(N)O. The smallest absolute Gasteiger partial charge is 0.116 e. The fourth-order valence-corrected chi connectivity index (χ4v) is 1.83. The normalized spacial score (nSPS) is 40.5. The van der Waals surface area contributed by atoms with Gasteiger partial charge in [-0.15, -0.1) is 0 Å².